The molecule has 1 fully saturated rings. The lowest BCUT2D eigenvalue weighted by Gasteiger charge is -2.17. The number of benzene rings is 1. The van der Waals surface area contributed by atoms with E-state index in [0.29, 0.717) is 13.0 Å². The monoisotopic (exact) mass is 338 g/mol. The Balaban J connectivity index is 2.14. The van der Waals surface area contributed by atoms with E-state index < -0.39 is 27.6 Å². The van der Waals surface area contributed by atoms with Crippen LogP contribution in [0, 0.1) is 17.6 Å². The average Bonchev–Trinajstić information content (AvgIpc) is 2.79. The zero-order valence-electron chi connectivity index (χ0n) is 10.9. The molecule has 0 unspecified atom stereocenters. The number of carbonyl (C=O) groups is 1. The zero-order chi connectivity index (χ0) is 15.8. The molecular formula is C12H13ClF2N2O3S. The number of rotatable bonds is 3. The molecule has 1 amide bonds. The Labute approximate surface area is 125 Å². The van der Waals surface area contributed by atoms with Crippen LogP contribution < -0.4 is 5.14 Å². The maximum absolute atomic E-state index is 13.2. The van der Waals surface area contributed by atoms with E-state index in [9.17, 15) is 22.0 Å². The third-order valence-corrected chi connectivity index (χ3v) is 4.53. The number of halogens is 3. The van der Waals surface area contributed by atoms with Gasteiger partial charge >= 0.3 is 0 Å². The van der Waals surface area contributed by atoms with E-state index in [4.69, 9.17) is 16.7 Å². The summed E-state index contributed by atoms with van der Waals surface area (Å²) in [4.78, 5) is 13.6. The first kappa shape index (κ1) is 16.1. The van der Waals surface area contributed by atoms with Crippen LogP contribution in [0.15, 0.2) is 12.1 Å². The van der Waals surface area contributed by atoms with Crippen LogP contribution in [-0.2, 0) is 10.0 Å². The van der Waals surface area contributed by atoms with Gasteiger partial charge in [-0.2, -0.15) is 0 Å². The van der Waals surface area contributed by atoms with Crippen LogP contribution in [0.25, 0.3) is 0 Å². The Morgan fingerprint density at radius 2 is 2.00 bits per heavy atom. The number of sulfonamides is 1. The number of nitrogens with zero attached hydrogens (tertiary/aromatic N) is 1. The molecule has 2 rings (SSSR count). The molecule has 0 bridgehead atoms. The lowest BCUT2D eigenvalue weighted by molar-refractivity contribution is 0.0787. The number of hydrogen-bond donors (Lipinski definition) is 1. The van der Waals surface area contributed by atoms with Crippen LogP contribution >= 0.6 is 11.6 Å². The van der Waals surface area contributed by atoms with E-state index in [2.05, 4.69) is 0 Å². The van der Waals surface area contributed by atoms with Crippen molar-refractivity contribution in [2.75, 3.05) is 18.8 Å². The maximum atomic E-state index is 13.2. The Kier molecular flexibility index (Phi) is 4.50. The highest BCUT2D eigenvalue weighted by Crippen LogP contribution is 2.25. The summed E-state index contributed by atoms with van der Waals surface area (Å²) < 4.78 is 48.3. The van der Waals surface area contributed by atoms with Gasteiger partial charge < -0.3 is 4.90 Å². The Hall–Kier alpha value is -1.25. The molecule has 1 saturated heterocycles. The number of carbonyl (C=O) groups excluding carboxylic acids is 1. The van der Waals surface area contributed by atoms with Gasteiger partial charge in [-0.1, -0.05) is 11.6 Å². The highest BCUT2D eigenvalue weighted by Gasteiger charge is 2.30. The van der Waals surface area contributed by atoms with E-state index in [1.165, 1.54) is 4.90 Å². The molecule has 2 N–H and O–H groups in total. The second-order valence-electron chi connectivity index (χ2n) is 4.98. The predicted molar refractivity (Wildman–Crippen MR) is 73.4 cm³/mol. The number of hydrogen-bond acceptors (Lipinski definition) is 3. The minimum absolute atomic E-state index is 0.146. The second-order valence-corrected chi connectivity index (χ2v) is 7.05. The van der Waals surface area contributed by atoms with Crippen molar-refractivity contribution in [3.05, 3.63) is 34.4 Å². The third-order valence-electron chi connectivity index (χ3n) is 3.28. The van der Waals surface area contributed by atoms with Gasteiger partial charge in [-0.15, -0.1) is 0 Å². The molecule has 1 aliphatic rings. The maximum Gasteiger partial charge on any atom is 0.255 e. The van der Waals surface area contributed by atoms with Gasteiger partial charge in [-0.3, -0.25) is 4.79 Å². The van der Waals surface area contributed by atoms with Crippen LogP contribution in [0.1, 0.15) is 16.8 Å². The SMILES string of the molecule is NS(=O)(=O)C[C@@H]1CCN(C(=O)c2cc(F)c(F)cc2Cl)C1. The summed E-state index contributed by atoms with van der Waals surface area (Å²) in [5.74, 6) is -3.35. The van der Waals surface area contributed by atoms with Gasteiger partial charge in [-0.25, -0.2) is 22.3 Å². The van der Waals surface area contributed by atoms with Crippen LogP contribution in [-0.4, -0.2) is 38.1 Å². The standard InChI is InChI=1S/C12H13ClF2N2O3S/c13-9-4-11(15)10(14)3-8(9)12(18)17-2-1-7(5-17)6-21(16,19)20/h3-4,7H,1-2,5-6H2,(H2,16,19,20)/t7-/m1/s1. The van der Waals surface area contributed by atoms with E-state index in [-0.39, 0.29) is 28.8 Å². The Morgan fingerprint density at radius 1 is 1.38 bits per heavy atom. The van der Waals surface area contributed by atoms with Gasteiger partial charge in [0.2, 0.25) is 10.0 Å². The van der Waals surface area contributed by atoms with E-state index in [1.807, 2.05) is 0 Å². The molecule has 1 aliphatic heterocycles. The number of nitrogens with two attached hydrogens (primary N) is 1. The molecule has 1 aromatic rings. The molecule has 0 radical (unpaired) electrons. The highest BCUT2D eigenvalue weighted by atomic mass is 35.5. The average molecular weight is 339 g/mol. The molecule has 1 aromatic carbocycles. The van der Waals surface area contributed by atoms with Gasteiger partial charge in [0.05, 0.1) is 16.3 Å². The van der Waals surface area contributed by atoms with Crippen LogP contribution in [0.5, 0.6) is 0 Å². The van der Waals surface area contributed by atoms with Gasteiger partial charge in [-0.05, 0) is 24.5 Å². The van der Waals surface area contributed by atoms with Crippen molar-refractivity contribution < 1.29 is 22.0 Å². The first-order chi connectivity index (χ1) is 9.67. The topological polar surface area (TPSA) is 80.5 Å². The summed E-state index contributed by atoms with van der Waals surface area (Å²) >= 11 is 5.75. The van der Waals surface area contributed by atoms with E-state index in [1.54, 1.807) is 0 Å². The summed E-state index contributed by atoms with van der Waals surface area (Å²) in [6, 6.07) is 1.48. The van der Waals surface area contributed by atoms with Crippen molar-refractivity contribution in [1.82, 2.24) is 4.90 Å². The largest absolute Gasteiger partial charge is 0.338 e. The molecule has 9 heteroatoms. The number of amides is 1. The third kappa shape index (κ3) is 3.90. The molecular weight excluding hydrogens is 326 g/mol. The molecule has 0 aliphatic carbocycles. The Bertz CT molecular complexity index is 681. The molecule has 116 valence electrons. The summed E-state index contributed by atoms with van der Waals surface area (Å²) in [5.41, 5.74) is -0.146. The highest BCUT2D eigenvalue weighted by molar-refractivity contribution is 7.89. The minimum atomic E-state index is -3.62. The molecule has 21 heavy (non-hydrogen) atoms. The quantitative estimate of drug-likeness (QED) is 0.845. The van der Waals surface area contributed by atoms with Crippen molar-refractivity contribution in [3.8, 4) is 0 Å². The minimum Gasteiger partial charge on any atom is -0.338 e. The van der Waals surface area contributed by atoms with Crippen LogP contribution in [0.3, 0.4) is 0 Å². The number of primary sulfonamides is 1. The fourth-order valence-corrected chi connectivity index (χ4v) is 3.50. The fraction of sp³-hybridized carbons (Fsp3) is 0.417. The predicted octanol–water partition coefficient (Wildman–Crippen LogP) is 1.37. The molecule has 5 nitrogen and oxygen atoms in total. The summed E-state index contributed by atoms with van der Waals surface area (Å²) in [7, 11) is -3.62. The van der Waals surface area contributed by atoms with Crippen LogP contribution in [0.2, 0.25) is 5.02 Å². The van der Waals surface area contributed by atoms with Gasteiger partial charge in [0.1, 0.15) is 0 Å². The first-order valence-corrected chi connectivity index (χ1v) is 8.21. The molecule has 0 spiro atoms. The second kappa shape index (κ2) is 5.86. The number of likely N-dealkylation sites (tertiary alicyclic amines) is 1. The lowest BCUT2D eigenvalue weighted by Crippen LogP contribution is -2.31. The smallest absolute Gasteiger partial charge is 0.255 e. The molecule has 1 atom stereocenters. The normalized spacial score (nSPS) is 19.0. The summed E-state index contributed by atoms with van der Waals surface area (Å²) in [5, 5.41) is 4.78. The van der Waals surface area contributed by atoms with Crippen molar-refractivity contribution >= 4 is 27.5 Å². The molecule has 0 aromatic heterocycles. The summed E-state index contributed by atoms with van der Waals surface area (Å²) in [6.07, 6.45) is 0.476. The van der Waals surface area contributed by atoms with E-state index >= 15 is 0 Å². The van der Waals surface area contributed by atoms with Gasteiger partial charge in [0.15, 0.2) is 11.6 Å². The van der Waals surface area contributed by atoms with Gasteiger partial charge in [0, 0.05) is 13.1 Å². The zero-order valence-corrected chi connectivity index (χ0v) is 12.4. The van der Waals surface area contributed by atoms with Crippen molar-refractivity contribution in [3.63, 3.8) is 0 Å². The Morgan fingerprint density at radius 3 is 2.62 bits per heavy atom. The van der Waals surface area contributed by atoms with Crippen molar-refractivity contribution in [2.45, 2.75) is 6.42 Å². The molecule has 1 heterocycles. The first-order valence-electron chi connectivity index (χ1n) is 6.11. The fourth-order valence-electron chi connectivity index (χ4n) is 2.34. The van der Waals surface area contributed by atoms with E-state index in [0.717, 1.165) is 12.1 Å². The van der Waals surface area contributed by atoms with Crippen molar-refractivity contribution in [2.24, 2.45) is 11.1 Å². The lowest BCUT2D eigenvalue weighted by atomic mass is 10.1. The molecule has 0 saturated carbocycles. The van der Waals surface area contributed by atoms with Gasteiger partial charge in [0.25, 0.3) is 5.91 Å². The summed E-state index contributed by atoms with van der Waals surface area (Å²) in [6.45, 7) is 0.499. The van der Waals surface area contributed by atoms with Crippen molar-refractivity contribution in [1.29, 1.82) is 0 Å². The van der Waals surface area contributed by atoms with Crippen LogP contribution in [0.4, 0.5) is 8.78 Å².